The predicted molar refractivity (Wildman–Crippen MR) is 106 cm³/mol. The predicted octanol–water partition coefficient (Wildman–Crippen LogP) is 3.16. The van der Waals surface area contributed by atoms with Gasteiger partial charge in [-0.25, -0.2) is 8.42 Å². The quantitative estimate of drug-likeness (QED) is 0.691. The van der Waals surface area contributed by atoms with Gasteiger partial charge in [0, 0.05) is 19.5 Å². The van der Waals surface area contributed by atoms with Crippen LogP contribution in [0.3, 0.4) is 0 Å². The minimum atomic E-state index is -4.80. The van der Waals surface area contributed by atoms with Crippen molar-refractivity contribution in [1.82, 2.24) is 4.31 Å². The topological polar surface area (TPSA) is 83.9 Å². The van der Waals surface area contributed by atoms with Gasteiger partial charge in [-0.3, -0.25) is 4.79 Å². The number of rotatable bonds is 7. The standard InChI is InChI=1S/C21H22F3NO5S/c22-21(23,24)30-17-8-6-16(7-9-17)14-19(27)20(15-26)10-12-25(13-11-20)31(28,29)18-4-2-1-3-5-18/h1-9,26H,10-15H2. The highest BCUT2D eigenvalue weighted by Gasteiger charge is 2.43. The van der Waals surface area contributed by atoms with Gasteiger partial charge in [0.25, 0.3) is 0 Å². The molecule has 0 atom stereocenters. The number of alkyl halides is 3. The number of Topliss-reactive ketones (excluding diaryl/α,β-unsaturated/α-hetero) is 1. The van der Waals surface area contributed by atoms with E-state index in [1.165, 1.54) is 28.6 Å². The first-order chi connectivity index (χ1) is 14.6. The Kier molecular flexibility index (Phi) is 6.73. The smallest absolute Gasteiger partial charge is 0.406 e. The van der Waals surface area contributed by atoms with Crippen molar-refractivity contribution in [2.75, 3.05) is 19.7 Å². The summed E-state index contributed by atoms with van der Waals surface area (Å²) in [5, 5.41) is 9.93. The molecule has 1 N–H and O–H groups in total. The Balaban J connectivity index is 1.66. The van der Waals surface area contributed by atoms with E-state index >= 15 is 0 Å². The van der Waals surface area contributed by atoms with Crippen molar-refractivity contribution in [3.63, 3.8) is 0 Å². The van der Waals surface area contributed by atoms with Gasteiger partial charge in [-0.2, -0.15) is 4.31 Å². The molecule has 0 amide bonds. The zero-order valence-corrected chi connectivity index (χ0v) is 17.3. The van der Waals surface area contributed by atoms with Crippen molar-refractivity contribution in [2.45, 2.75) is 30.5 Å². The molecule has 10 heteroatoms. The van der Waals surface area contributed by atoms with Gasteiger partial charge in [0.05, 0.1) is 16.9 Å². The summed E-state index contributed by atoms with van der Waals surface area (Å²) in [5.41, 5.74) is -0.615. The third kappa shape index (κ3) is 5.44. The molecule has 0 saturated carbocycles. The molecule has 0 aliphatic carbocycles. The highest BCUT2D eigenvalue weighted by molar-refractivity contribution is 7.89. The number of carbonyl (C=O) groups excluding carboxylic acids is 1. The van der Waals surface area contributed by atoms with Crippen molar-refractivity contribution >= 4 is 15.8 Å². The van der Waals surface area contributed by atoms with Crippen LogP contribution in [0.25, 0.3) is 0 Å². The number of sulfonamides is 1. The van der Waals surface area contributed by atoms with Crippen LogP contribution in [0, 0.1) is 5.41 Å². The van der Waals surface area contributed by atoms with E-state index in [4.69, 9.17) is 0 Å². The molecule has 1 aliphatic heterocycles. The molecule has 0 aromatic heterocycles. The number of hydrogen-bond acceptors (Lipinski definition) is 5. The van der Waals surface area contributed by atoms with Gasteiger partial charge in [0.15, 0.2) is 0 Å². The lowest BCUT2D eigenvalue weighted by atomic mass is 9.74. The number of carbonyl (C=O) groups is 1. The van der Waals surface area contributed by atoms with Gasteiger partial charge < -0.3 is 9.84 Å². The zero-order valence-electron chi connectivity index (χ0n) is 16.5. The van der Waals surface area contributed by atoms with E-state index in [1.807, 2.05) is 0 Å². The van der Waals surface area contributed by atoms with Crippen LogP contribution in [-0.2, 0) is 21.2 Å². The van der Waals surface area contributed by atoms with Crippen molar-refractivity contribution < 1.29 is 36.2 Å². The second kappa shape index (κ2) is 8.97. The van der Waals surface area contributed by atoms with Crippen molar-refractivity contribution in [3.8, 4) is 5.75 Å². The number of benzene rings is 2. The van der Waals surface area contributed by atoms with Crippen LogP contribution in [0.5, 0.6) is 5.75 Å². The van der Waals surface area contributed by atoms with Crippen LogP contribution in [0.2, 0.25) is 0 Å². The number of ketones is 1. The maximum Gasteiger partial charge on any atom is 0.573 e. The van der Waals surface area contributed by atoms with Crippen LogP contribution >= 0.6 is 0 Å². The first kappa shape index (κ1) is 23.2. The van der Waals surface area contributed by atoms with Gasteiger partial charge in [0.1, 0.15) is 11.5 Å². The van der Waals surface area contributed by atoms with Gasteiger partial charge in [-0.15, -0.1) is 13.2 Å². The maximum atomic E-state index is 12.9. The van der Waals surface area contributed by atoms with Gasteiger partial charge in [-0.1, -0.05) is 30.3 Å². The van der Waals surface area contributed by atoms with E-state index in [9.17, 15) is 31.5 Å². The van der Waals surface area contributed by atoms with Gasteiger partial charge in [-0.05, 0) is 42.7 Å². The Hall–Kier alpha value is -2.43. The van der Waals surface area contributed by atoms with E-state index in [0.717, 1.165) is 12.1 Å². The first-order valence-corrected chi connectivity index (χ1v) is 11.0. The van der Waals surface area contributed by atoms with Crippen molar-refractivity contribution in [3.05, 3.63) is 60.2 Å². The van der Waals surface area contributed by atoms with Gasteiger partial charge >= 0.3 is 6.36 Å². The second-order valence-electron chi connectivity index (χ2n) is 7.45. The van der Waals surface area contributed by atoms with Crippen molar-refractivity contribution in [2.24, 2.45) is 5.41 Å². The third-order valence-corrected chi connectivity index (χ3v) is 7.39. The van der Waals surface area contributed by atoms with Gasteiger partial charge in [0.2, 0.25) is 10.0 Å². The molecule has 168 valence electrons. The molecule has 0 unspecified atom stereocenters. The fourth-order valence-electron chi connectivity index (χ4n) is 3.60. The fourth-order valence-corrected chi connectivity index (χ4v) is 5.07. The monoisotopic (exact) mass is 457 g/mol. The Morgan fingerprint density at radius 1 is 1.03 bits per heavy atom. The van der Waals surface area contributed by atoms with E-state index in [0.29, 0.717) is 5.56 Å². The molecule has 0 spiro atoms. The number of halogens is 3. The zero-order chi connectivity index (χ0) is 22.7. The Labute approximate surface area is 178 Å². The third-order valence-electron chi connectivity index (χ3n) is 5.48. The summed E-state index contributed by atoms with van der Waals surface area (Å²) in [6.45, 7) is -0.260. The molecular formula is C21H22F3NO5S. The summed E-state index contributed by atoms with van der Waals surface area (Å²) in [6.07, 6.45) is -4.57. The highest BCUT2D eigenvalue weighted by Crippen LogP contribution is 2.35. The van der Waals surface area contributed by atoms with E-state index in [-0.39, 0.29) is 48.8 Å². The highest BCUT2D eigenvalue weighted by atomic mass is 32.2. The summed E-state index contributed by atoms with van der Waals surface area (Å²) < 4.78 is 67.4. The molecule has 1 aliphatic rings. The molecule has 1 fully saturated rings. The lowest BCUT2D eigenvalue weighted by molar-refractivity contribution is -0.274. The van der Waals surface area contributed by atoms with E-state index in [1.54, 1.807) is 18.2 Å². The lowest BCUT2D eigenvalue weighted by Crippen LogP contribution is -2.48. The summed E-state index contributed by atoms with van der Waals surface area (Å²) in [5.74, 6) is -0.670. The number of hydrogen-bond donors (Lipinski definition) is 1. The average Bonchev–Trinajstić information content (AvgIpc) is 2.74. The SMILES string of the molecule is O=C(Cc1ccc(OC(F)(F)F)cc1)C1(CO)CCN(S(=O)(=O)c2ccccc2)CC1. The van der Waals surface area contributed by atoms with Crippen LogP contribution < -0.4 is 4.74 Å². The second-order valence-corrected chi connectivity index (χ2v) is 9.39. The largest absolute Gasteiger partial charge is 0.573 e. The van der Waals surface area contributed by atoms with Crippen LogP contribution in [-0.4, -0.2) is 49.7 Å². The molecular weight excluding hydrogens is 435 g/mol. The fraction of sp³-hybridized carbons (Fsp3) is 0.381. The van der Waals surface area contributed by atoms with E-state index < -0.39 is 28.4 Å². The summed E-state index contributed by atoms with van der Waals surface area (Å²) >= 11 is 0. The average molecular weight is 457 g/mol. The Morgan fingerprint density at radius 2 is 1.61 bits per heavy atom. The molecule has 1 heterocycles. The summed E-state index contributed by atoms with van der Waals surface area (Å²) in [4.78, 5) is 13.1. The minimum absolute atomic E-state index is 0.0850. The molecule has 2 aromatic carbocycles. The number of ether oxygens (including phenoxy) is 1. The molecule has 0 bridgehead atoms. The molecule has 0 radical (unpaired) electrons. The van der Waals surface area contributed by atoms with E-state index in [2.05, 4.69) is 4.74 Å². The van der Waals surface area contributed by atoms with Crippen LogP contribution in [0.15, 0.2) is 59.5 Å². The molecule has 6 nitrogen and oxygen atoms in total. The molecule has 1 saturated heterocycles. The number of nitrogens with zero attached hydrogens (tertiary/aromatic N) is 1. The Morgan fingerprint density at radius 3 is 2.13 bits per heavy atom. The first-order valence-electron chi connectivity index (χ1n) is 9.60. The molecule has 31 heavy (non-hydrogen) atoms. The van der Waals surface area contributed by atoms with Crippen molar-refractivity contribution in [1.29, 1.82) is 0 Å². The maximum absolute atomic E-state index is 12.9. The van der Waals surface area contributed by atoms with Crippen LogP contribution in [0.1, 0.15) is 18.4 Å². The number of piperidine rings is 1. The number of aliphatic hydroxyl groups is 1. The summed E-state index contributed by atoms with van der Waals surface area (Å²) in [6, 6.07) is 12.9. The number of aliphatic hydroxyl groups excluding tert-OH is 1. The molecule has 2 aromatic rings. The molecule has 3 rings (SSSR count). The lowest BCUT2D eigenvalue weighted by Gasteiger charge is -2.39. The normalized spacial score (nSPS) is 17.3. The van der Waals surface area contributed by atoms with Crippen LogP contribution in [0.4, 0.5) is 13.2 Å². The Bertz CT molecular complexity index is 1000. The minimum Gasteiger partial charge on any atom is -0.406 e. The summed E-state index contributed by atoms with van der Waals surface area (Å²) in [7, 11) is -3.69.